The van der Waals surface area contributed by atoms with Crippen LogP contribution in [0.2, 0.25) is 5.02 Å². The highest BCUT2D eigenvalue weighted by atomic mass is 35.5. The van der Waals surface area contributed by atoms with Crippen LogP contribution in [0.25, 0.3) is 5.69 Å². The molecule has 2 rings (SSSR count). The normalized spacial score (nSPS) is 10.8. The summed E-state index contributed by atoms with van der Waals surface area (Å²) in [5.74, 6) is 0.637. The fourth-order valence-electron chi connectivity index (χ4n) is 1.58. The van der Waals surface area contributed by atoms with Gasteiger partial charge in [-0.3, -0.25) is 0 Å². The van der Waals surface area contributed by atoms with Crippen molar-refractivity contribution in [2.45, 2.75) is 19.8 Å². The summed E-state index contributed by atoms with van der Waals surface area (Å²) in [7, 11) is 0. The standard InChI is InChI=1S/C12H13Cl2N3/c1-9-4-5-11(14)12(7-9)17-8-10(15-16-17)3-2-6-13/h4-5,7-8H,2-3,6H2,1H3. The predicted molar refractivity (Wildman–Crippen MR) is 70.1 cm³/mol. The lowest BCUT2D eigenvalue weighted by Crippen LogP contribution is -1.96. The second-order valence-electron chi connectivity index (χ2n) is 3.90. The zero-order chi connectivity index (χ0) is 12.3. The molecule has 0 amide bonds. The van der Waals surface area contributed by atoms with Crippen molar-refractivity contribution in [2.24, 2.45) is 0 Å². The largest absolute Gasteiger partial charge is 0.219 e. The molecule has 90 valence electrons. The van der Waals surface area contributed by atoms with Gasteiger partial charge < -0.3 is 0 Å². The van der Waals surface area contributed by atoms with E-state index in [4.69, 9.17) is 23.2 Å². The van der Waals surface area contributed by atoms with Gasteiger partial charge >= 0.3 is 0 Å². The molecule has 3 nitrogen and oxygen atoms in total. The van der Waals surface area contributed by atoms with Crippen molar-refractivity contribution >= 4 is 23.2 Å². The average Bonchev–Trinajstić information content (AvgIpc) is 2.78. The first kappa shape index (κ1) is 12.4. The van der Waals surface area contributed by atoms with E-state index in [1.807, 2.05) is 31.3 Å². The van der Waals surface area contributed by atoms with Crippen LogP contribution in [0.15, 0.2) is 24.4 Å². The zero-order valence-electron chi connectivity index (χ0n) is 9.53. The van der Waals surface area contributed by atoms with Gasteiger partial charge in [-0.15, -0.1) is 16.7 Å². The van der Waals surface area contributed by atoms with Crippen molar-refractivity contribution in [1.82, 2.24) is 15.0 Å². The first-order chi connectivity index (χ1) is 8.20. The Morgan fingerprint density at radius 3 is 2.94 bits per heavy atom. The minimum atomic E-state index is 0.637. The van der Waals surface area contributed by atoms with Gasteiger partial charge in [0.25, 0.3) is 0 Å². The van der Waals surface area contributed by atoms with E-state index in [2.05, 4.69) is 10.3 Å². The van der Waals surface area contributed by atoms with Crippen LogP contribution >= 0.6 is 23.2 Å². The lowest BCUT2D eigenvalue weighted by atomic mass is 10.2. The Balaban J connectivity index is 2.27. The maximum Gasteiger partial charge on any atom is 0.0852 e. The highest BCUT2D eigenvalue weighted by Gasteiger charge is 2.06. The van der Waals surface area contributed by atoms with E-state index >= 15 is 0 Å². The maximum atomic E-state index is 6.13. The molecule has 0 atom stereocenters. The van der Waals surface area contributed by atoms with Gasteiger partial charge in [-0.1, -0.05) is 22.9 Å². The van der Waals surface area contributed by atoms with Gasteiger partial charge in [-0.05, 0) is 37.5 Å². The summed E-state index contributed by atoms with van der Waals surface area (Å²) in [6.07, 6.45) is 3.64. The fourth-order valence-corrected chi connectivity index (χ4v) is 1.91. The van der Waals surface area contributed by atoms with Gasteiger partial charge in [0.1, 0.15) is 0 Å². The zero-order valence-corrected chi connectivity index (χ0v) is 11.0. The molecule has 0 aliphatic rings. The summed E-state index contributed by atoms with van der Waals surface area (Å²) in [5.41, 5.74) is 2.93. The van der Waals surface area contributed by atoms with Crippen LogP contribution in [0, 0.1) is 6.92 Å². The van der Waals surface area contributed by atoms with Crippen molar-refractivity contribution < 1.29 is 0 Å². The summed E-state index contributed by atoms with van der Waals surface area (Å²) in [6, 6.07) is 5.83. The number of aromatic nitrogens is 3. The summed E-state index contributed by atoms with van der Waals surface area (Å²) >= 11 is 11.8. The first-order valence-corrected chi connectivity index (χ1v) is 6.35. The third-order valence-corrected chi connectivity index (χ3v) is 3.04. The average molecular weight is 270 g/mol. The highest BCUT2D eigenvalue weighted by molar-refractivity contribution is 6.32. The molecule has 1 heterocycles. The summed E-state index contributed by atoms with van der Waals surface area (Å²) in [6.45, 7) is 2.02. The van der Waals surface area contributed by atoms with Gasteiger partial charge in [0.05, 0.1) is 22.6 Å². The van der Waals surface area contributed by atoms with Crippen molar-refractivity contribution in [1.29, 1.82) is 0 Å². The lowest BCUT2D eigenvalue weighted by molar-refractivity contribution is 0.791. The molecule has 1 aromatic carbocycles. The van der Waals surface area contributed by atoms with Crippen LogP contribution in [-0.2, 0) is 6.42 Å². The molecule has 0 aliphatic heterocycles. The number of rotatable bonds is 4. The number of halogens is 2. The molecular weight excluding hydrogens is 257 g/mol. The van der Waals surface area contributed by atoms with Gasteiger partial charge in [0, 0.05) is 5.88 Å². The number of alkyl halides is 1. The molecule has 0 N–H and O–H groups in total. The Morgan fingerprint density at radius 1 is 1.35 bits per heavy atom. The van der Waals surface area contributed by atoms with E-state index in [-0.39, 0.29) is 0 Å². The van der Waals surface area contributed by atoms with Gasteiger partial charge in [-0.25, -0.2) is 4.68 Å². The Bertz CT molecular complexity index is 508. The van der Waals surface area contributed by atoms with Crippen LogP contribution in [0.4, 0.5) is 0 Å². The van der Waals surface area contributed by atoms with Crippen LogP contribution in [0.3, 0.4) is 0 Å². The van der Waals surface area contributed by atoms with Crippen LogP contribution in [-0.4, -0.2) is 20.9 Å². The molecule has 0 fully saturated rings. The van der Waals surface area contributed by atoms with Crippen LogP contribution in [0.5, 0.6) is 0 Å². The SMILES string of the molecule is Cc1ccc(Cl)c(-n2cc(CCCCl)nn2)c1. The Morgan fingerprint density at radius 2 is 2.18 bits per heavy atom. The summed E-state index contributed by atoms with van der Waals surface area (Å²) in [4.78, 5) is 0. The maximum absolute atomic E-state index is 6.13. The molecule has 0 bridgehead atoms. The van der Waals surface area contributed by atoms with E-state index in [9.17, 15) is 0 Å². The first-order valence-electron chi connectivity index (χ1n) is 5.44. The third kappa shape index (κ3) is 2.99. The molecule has 2 aromatic rings. The smallest absolute Gasteiger partial charge is 0.0852 e. The van der Waals surface area contributed by atoms with Gasteiger partial charge in [0.15, 0.2) is 0 Å². The van der Waals surface area contributed by atoms with E-state index in [0.717, 1.165) is 29.8 Å². The van der Waals surface area contributed by atoms with E-state index in [1.54, 1.807) is 4.68 Å². The molecule has 0 unspecified atom stereocenters. The van der Waals surface area contributed by atoms with Crippen LogP contribution in [0.1, 0.15) is 17.7 Å². The summed E-state index contributed by atoms with van der Waals surface area (Å²) < 4.78 is 1.71. The van der Waals surface area contributed by atoms with E-state index in [1.165, 1.54) is 0 Å². The van der Waals surface area contributed by atoms with Crippen LogP contribution < -0.4 is 0 Å². The molecule has 5 heteroatoms. The van der Waals surface area contributed by atoms with Crippen molar-refractivity contribution in [3.05, 3.63) is 40.7 Å². The monoisotopic (exact) mass is 269 g/mol. The minimum Gasteiger partial charge on any atom is -0.219 e. The highest BCUT2D eigenvalue weighted by Crippen LogP contribution is 2.21. The van der Waals surface area contributed by atoms with Crippen molar-refractivity contribution in [3.8, 4) is 5.69 Å². The van der Waals surface area contributed by atoms with Gasteiger partial charge in [0.2, 0.25) is 0 Å². The molecule has 0 aliphatic carbocycles. The second-order valence-corrected chi connectivity index (χ2v) is 4.69. The molecular formula is C12H13Cl2N3. The minimum absolute atomic E-state index is 0.637. The Kier molecular flexibility index (Phi) is 4.02. The number of hydrogen-bond acceptors (Lipinski definition) is 2. The second kappa shape index (κ2) is 5.52. The Hall–Kier alpha value is -1.06. The number of benzene rings is 1. The third-order valence-electron chi connectivity index (χ3n) is 2.46. The predicted octanol–water partition coefficient (Wildman–Crippen LogP) is 3.40. The van der Waals surface area contributed by atoms with E-state index in [0.29, 0.717) is 10.9 Å². The van der Waals surface area contributed by atoms with Crippen molar-refractivity contribution in [3.63, 3.8) is 0 Å². The van der Waals surface area contributed by atoms with E-state index < -0.39 is 0 Å². The fraction of sp³-hybridized carbons (Fsp3) is 0.333. The lowest BCUT2D eigenvalue weighted by Gasteiger charge is -2.03. The van der Waals surface area contributed by atoms with Gasteiger partial charge in [-0.2, -0.15) is 0 Å². The molecule has 1 aromatic heterocycles. The number of aryl methyl sites for hydroxylation is 2. The molecule has 0 radical (unpaired) electrons. The quantitative estimate of drug-likeness (QED) is 0.797. The molecule has 0 spiro atoms. The Labute approximate surface area is 110 Å². The topological polar surface area (TPSA) is 30.7 Å². The molecule has 17 heavy (non-hydrogen) atoms. The molecule has 0 saturated carbocycles. The number of nitrogens with zero attached hydrogens (tertiary/aromatic N) is 3. The summed E-state index contributed by atoms with van der Waals surface area (Å²) in [5, 5.41) is 8.85. The van der Waals surface area contributed by atoms with Crippen molar-refractivity contribution in [2.75, 3.05) is 5.88 Å². The number of hydrogen-bond donors (Lipinski definition) is 0. The molecule has 0 saturated heterocycles.